The summed E-state index contributed by atoms with van der Waals surface area (Å²) in [6.45, 7) is 1.87. The van der Waals surface area contributed by atoms with E-state index in [1.807, 2.05) is 13.0 Å². The molecule has 0 unspecified atom stereocenters. The molecule has 3 N–H and O–H groups in total. The first-order valence-corrected chi connectivity index (χ1v) is 8.13. The average Bonchev–Trinajstić information content (AvgIpc) is 3.20. The van der Waals surface area contributed by atoms with Crippen molar-refractivity contribution in [2.45, 2.75) is 6.92 Å². The van der Waals surface area contributed by atoms with Gasteiger partial charge in [-0.3, -0.25) is 9.48 Å². The number of nitrogens with two attached hydrogens (primary N) is 1. The van der Waals surface area contributed by atoms with Crippen molar-refractivity contribution >= 4 is 22.5 Å². The molecule has 4 aromatic rings. The Hall–Kier alpha value is -3.55. The lowest BCUT2D eigenvalue weighted by Gasteiger charge is -2.06. The van der Waals surface area contributed by atoms with Crippen molar-refractivity contribution in [2.24, 2.45) is 7.05 Å². The van der Waals surface area contributed by atoms with Gasteiger partial charge in [0.25, 0.3) is 0 Å². The summed E-state index contributed by atoms with van der Waals surface area (Å²) in [5, 5.41) is 4.75. The fraction of sp³-hybridized carbons (Fsp3) is 0.105. The van der Waals surface area contributed by atoms with Crippen LogP contribution in [0.2, 0.25) is 0 Å². The Kier molecular flexibility index (Phi) is 3.76. The lowest BCUT2D eigenvalue weighted by atomic mass is 10.0. The topological polar surface area (TPSA) is 89.6 Å². The minimum atomic E-state index is -1.07. The molecule has 6 nitrogen and oxygen atoms in total. The maximum absolute atomic E-state index is 14.3. The number of halogens is 2. The maximum Gasteiger partial charge on any atom is 0.201 e. The van der Waals surface area contributed by atoms with Gasteiger partial charge >= 0.3 is 0 Å². The second-order valence-electron chi connectivity index (χ2n) is 6.27. The predicted octanol–water partition coefficient (Wildman–Crippen LogP) is 3.36. The quantitative estimate of drug-likeness (QED) is 0.429. The molecule has 27 heavy (non-hydrogen) atoms. The molecule has 0 saturated heterocycles. The Labute approximate surface area is 152 Å². The number of H-pyrrole nitrogens is 1. The van der Waals surface area contributed by atoms with Crippen LogP contribution in [0, 0.1) is 18.6 Å². The minimum absolute atomic E-state index is 0.113. The zero-order chi connectivity index (χ0) is 19.3. The first-order valence-electron chi connectivity index (χ1n) is 8.13. The third-order valence-electron chi connectivity index (χ3n) is 4.42. The number of ketones is 1. The van der Waals surface area contributed by atoms with Crippen LogP contribution in [0.15, 0.2) is 36.7 Å². The van der Waals surface area contributed by atoms with Gasteiger partial charge in [-0.05, 0) is 31.2 Å². The fourth-order valence-electron chi connectivity index (χ4n) is 3.12. The summed E-state index contributed by atoms with van der Waals surface area (Å²) in [6, 6.07) is 5.68. The van der Waals surface area contributed by atoms with Gasteiger partial charge in [-0.1, -0.05) is 0 Å². The van der Waals surface area contributed by atoms with E-state index in [0.717, 1.165) is 29.1 Å². The van der Waals surface area contributed by atoms with E-state index in [-0.39, 0.29) is 11.3 Å². The third-order valence-corrected chi connectivity index (χ3v) is 4.42. The van der Waals surface area contributed by atoms with Crippen LogP contribution >= 0.6 is 0 Å². The van der Waals surface area contributed by atoms with E-state index < -0.39 is 23.0 Å². The number of aromatic amines is 1. The summed E-state index contributed by atoms with van der Waals surface area (Å²) in [5.74, 6) is -2.84. The largest absolute Gasteiger partial charge is 0.396 e. The van der Waals surface area contributed by atoms with Crippen molar-refractivity contribution in [3.63, 3.8) is 0 Å². The molecule has 1 aromatic carbocycles. The van der Waals surface area contributed by atoms with Crippen LogP contribution in [-0.4, -0.2) is 25.5 Å². The fourth-order valence-corrected chi connectivity index (χ4v) is 3.12. The molecule has 3 heterocycles. The Morgan fingerprint density at radius 1 is 1.26 bits per heavy atom. The molecule has 4 rings (SSSR count). The number of nitrogens with one attached hydrogen (secondary N) is 1. The maximum atomic E-state index is 14.3. The number of aryl methyl sites for hydroxylation is 2. The molecule has 0 radical (unpaired) electrons. The van der Waals surface area contributed by atoms with E-state index in [9.17, 15) is 13.6 Å². The smallest absolute Gasteiger partial charge is 0.201 e. The SMILES string of the molecule is Cc1cc(-c2cnc3[nH]cc(C(=O)c4c(F)ccc(N)c4F)c3c2)n(C)n1. The highest BCUT2D eigenvalue weighted by atomic mass is 19.1. The van der Waals surface area contributed by atoms with Gasteiger partial charge in [0.05, 0.1) is 22.6 Å². The van der Waals surface area contributed by atoms with E-state index in [0.29, 0.717) is 11.0 Å². The zero-order valence-electron chi connectivity index (χ0n) is 14.5. The first-order chi connectivity index (χ1) is 12.9. The van der Waals surface area contributed by atoms with E-state index >= 15 is 0 Å². The van der Waals surface area contributed by atoms with Gasteiger partial charge in [-0.15, -0.1) is 0 Å². The Bertz CT molecular complexity index is 1210. The summed E-state index contributed by atoms with van der Waals surface area (Å²) in [6.07, 6.45) is 3.03. The normalized spacial score (nSPS) is 11.3. The standard InChI is InChI=1S/C19H15F2N5O/c1-9-5-15(26(2)25-9)10-6-11-12(8-24-19(11)23-7-10)18(27)16-13(20)3-4-14(22)17(16)21/h3-8H,22H2,1-2H3,(H,23,24). The van der Waals surface area contributed by atoms with E-state index in [2.05, 4.69) is 15.1 Å². The monoisotopic (exact) mass is 367 g/mol. The molecule has 0 saturated carbocycles. The van der Waals surface area contributed by atoms with Crippen molar-refractivity contribution in [1.82, 2.24) is 19.7 Å². The summed E-state index contributed by atoms with van der Waals surface area (Å²) >= 11 is 0. The number of rotatable bonds is 3. The van der Waals surface area contributed by atoms with Gasteiger partial charge < -0.3 is 10.7 Å². The van der Waals surface area contributed by atoms with Crippen molar-refractivity contribution in [3.8, 4) is 11.3 Å². The lowest BCUT2D eigenvalue weighted by Crippen LogP contribution is -2.09. The second-order valence-corrected chi connectivity index (χ2v) is 6.27. The number of carbonyl (C=O) groups is 1. The molecule has 0 bridgehead atoms. The molecular weight excluding hydrogens is 352 g/mol. The second kappa shape index (κ2) is 6.01. The van der Waals surface area contributed by atoms with Crippen LogP contribution < -0.4 is 5.73 Å². The summed E-state index contributed by atoms with van der Waals surface area (Å²) < 4.78 is 30.1. The van der Waals surface area contributed by atoms with E-state index in [1.54, 1.807) is 24.0 Å². The predicted molar refractivity (Wildman–Crippen MR) is 97.2 cm³/mol. The molecule has 136 valence electrons. The van der Waals surface area contributed by atoms with Gasteiger partial charge in [-0.25, -0.2) is 13.8 Å². The van der Waals surface area contributed by atoms with Gasteiger partial charge in [0.1, 0.15) is 11.5 Å². The molecule has 0 aliphatic carbocycles. The van der Waals surface area contributed by atoms with Crippen LogP contribution in [-0.2, 0) is 7.05 Å². The number of hydrogen-bond acceptors (Lipinski definition) is 4. The zero-order valence-corrected chi connectivity index (χ0v) is 14.5. The highest BCUT2D eigenvalue weighted by Gasteiger charge is 2.24. The number of nitrogen functional groups attached to an aromatic ring is 1. The molecule has 0 amide bonds. The molecule has 3 aromatic heterocycles. The van der Waals surface area contributed by atoms with Crippen molar-refractivity contribution < 1.29 is 13.6 Å². The van der Waals surface area contributed by atoms with Crippen LogP contribution in [0.4, 0.5) is 14.5 Å². The number of nitrogens with zero attached hydrogens (tertiary/aromatic N) is 3. The molecule has 0 atom stereocenters. The lowest BCUT2D eigenvalue weighted by molar-refractivity contribution is 0.103. The molecule has 0 fully saturated rings. The number of aromatic nitrogens is 4. The number of carbonyl (C=O) groups excluding carboxylic acids is 1. The number of benzene rings is 1. The van der Waals surface area contributed by atoms with Gasteiger partial charge in [0.15, 0.2) is 5.82 Å². The van der Waals surface area contributed by atoms with Crippen LogP contribution in [0.5, 0.6) is 0 Å². The molecule has 0 spiro atoms. The van der Waals surface area contributed by atoms with Gasteiger partial charge in [0.2, 0.25) is 5.78 Å². The number of pyridine rings is 1. The molecular formula is C19H15F2N5O. The van der Waals surface area contributed by atoms with Crippen LogP contribution in [0.3, 0.4) is 0 Å². The van der Waals surface area contributed by atoms with Crippen molar-refractivity contribution in [3.05, 3.63) is 65.1 Å². The Morgan fingerprint density at radius 3 is 2.74 bits per heavy atom. The van der Waals surface area contributed by atoms with E-state index in [1.165, 1.54) is 6.20 Å². The molecule has 8 heteroatoms. The third kappa shape index (κ3) is 2.66. The number of fused-ring (bicyclic) bond motifs is 1. The molecule has 0 aliphatic rings. The van der Waals surface area contributed by atoms with Crippen LogP contribution in [0.25, 0.3) is 22.3 Å². The summed E-state index contributed by atoms with van der Waals surface area (Å²) in [4.78, 5) is 20.0. The Morgan fingerprint density at radius 2 is 2.04 bits per heavy atom. The highest BCUT2D eigenvalue weighted by molar-refractivity contribution is 6.16. The number of hydrogen-bond donors (Lipinski definition) is 2. The summed E-state index contributed by atoms with van der Waals surface area (Å²) in [7, 11) is 1.80. The van der Waals surface area contributed by atoms with Crippen molar-refractivity contribution in [2.75, 3.05) is 5.73 Å². The number of anilines is 1. The average molecular weight is 367 g/mol. The minimum Gasteiger partial charge on any atom is -0.396 e. The summed E-state index contributed by atoms with van der Waals surface area (Å²) in [5.41, 5.74) is 7.44. The van der Waals surface area contributed by atoms with Gasteiger partial charge in [-0.2, -0.15) is 5.10 Å². The van der Waals surface area contributed by atoms with Crippen LogP contribution in [0.1, 0.15) is 21.6 Å². The Balaban J connectivity index is 1.88. The van der Waals surface area contributed by atoms with E-state index in [4.69, 9.17) is 5.73 Å². The first kappa shape index (κ1) is 16.9. The highest BCUT2D eigenvalue weighted by Crippen LogP contribution is 2.28. The van der Waals surface area contributed by atoms with Gasteiger partial charge in [0, 0.05) is 36.0 Å². The van der Waals surface area contributed by atoms with Crippen molar-refractivity contribution in [1.29, 1.82) is 0 Å². The molecule has 0 aliphatic heterocycles.